The van der Waals surface area contributed by atoms with Crippen LogP contribution in [0.5, 0.6) is 0 Å². The normalized spacial score (nSPS) is 21.7. The predicted molar refractivity (Wildman–Crippen MR) is 72.2 cm³/mol. The van der Waals surface area contributed by atoms with Crippen LogP contribution in [0, 0.1) is 5.92 Å². The third-order valence-electron chi connectivity index (χ3n) is 3.56. The van der Waals surface area contributed by atoms with E-state index in [0.717, 1.165) is 44.5 Å². The molecule has 102 valence electrons. The summed E-state index contributed by atoms with van der Waals surface area (Å²) in [7, 11) is 0. The second kappa shape index (κ2) is 6.29. The van der Waals surface area contributed by atoms with E-state index in [-0.39, 0.29) is 0 Å². The molecule has 0 amide bonds. The van der Waals surface area contributed by atoms with Crippen LogP contribution in [0.2, 0.25) is 0 Å². The van der Waals surface area contributed by atoms with Gasteiger partial charge in [0.2, 0.25) is 0 Å². The van der Waals surface area contributed by atoms with Crippen LogP contribution in [0.15, 0.2) is 6.33 Å². The monoisotopic (exact) mass is 251 g/mol. The van der Waals surface area contributed by atoms with Gasteiger partial charge in [0.05, 0.1) is 6.54 Å². The van der Waals surface area contributed by atoms with Crippen molar-refractivity contribution in [3.63, 3.8) is 0 Å². The molecule has 1 fully saturated rings. The number of hydrogen-bond donors (Lipinski definition) is 1. The van der Waals surface area contributed by atoms with Gasteiger partial charge in [-0.3, -0.25) is 4.90 Å². The van der Waals surface area contributed by atoms with Gasteiger partial charge in [0.15, 0.2) is 0 Å². The average Bonchev–Trinajstić information content (AvgIpc) is 2.78. The molecule has 5 nitrogen and oxygen atoms in total. The largest absolute Gasteiger partial charge is 0.314 e. The van der Waals surface area contributed by atoms with Crippen LogP contribution in [0.3, 0.4) is 0 Å². The summed E-state index contributed by atoms with van der Waals surface area (Å²) in [4.78, 5) is 6.93. The van der Waals surface area contributed by atoms with Crippen LogP contribution >= 0.6 is 0 Å². The van der Waals surface area contributed by atoms with Crippen LogP contribution in [0.1, 0.15) is 33.0 Å². The van der Waals surface area contributed by atoms with E-state index >= 15 is 0 Å². The van der Waals surface area contributed by atoms with Crippen molar-refractivity contribution in [3.8, 4) is 0 Å². The fourth-order valence-electron chi connectivity index (χ4n) is 2.64. The highest BCUT2D eigenvalue weighted by Crippen LogP contribution is 2.15. The summed E-state index contributed by atoms with van der Waals surface area (Å²) < 4.78 is 1.99. The summed E-state index contributed by atoms with van der Waals surface area (Å²) in [5, 5.41) is 7.74. The Morgan fingerprint density at radius 1 is 1.50 bits per heavy atom. The molecule has 0 aliphatic carbocycles. The van der Waals surface area contributed by atoms with E-state index in [9.17, 15) is 0 Å². The molecule has 1 unspecified atom stereocenters. The van der Waals surface area contributed by atoms with Crippen molar-refractivity contribution >= 4 is 0 Å². The Balaban J connectivity index is 2.00. The number of hydrogen-bond acceptors (Lipinski definition) is 4. The van der Waals surface area contributed by atoms with E-state index in [2.05, 4.69) is 41.1 Å². The first-order chi connectivity index (χ1) is 8.70. The Hall–Kier alpha value is -0.940. The van der Waals surface area contributed by atoms with Gasteiger partial charge in [0, 0.05) is 32.2 Å². The minimum Gasteiger partial charge on any atom is -0.314 e. The van der Waals surface area contributed by atoms with E-state index < -0.39 is 0 Å². The smallest absolute Gasteiger partial charge is 0.141 e. The molecule has 0 saturated carbocycles. The van der Waals surface area contributed by atoms with Crippen molar-refractivity contribution in [2.75, 3.05) is 19.6 Å². The maximum atomic E-state index is 4.38. The van der Waals surface area contributed by atoms with E-state index in [4.69, 9.17) is 0 Å². The van der Waals surface area contributed by atoms with Crippen LogP contribution in [-0.2, 0) is 13.1 Å². The van der Waals surface area contributed by atoms with Crippen LogP contribution < -0.4 is 5.32 Å². The molecule has 1 aromatic heterocycles. The molecule has 2 heterocycles. The molecule has 0 aromatic carbocycles. The highest BCUT2D eigenvalue weighted by atomic mass is 15.4. The average molecular weight is 251 g/mol. The van der Waals surface area contributed by atoms with E-state index in [1.807, 2.05) is 4.68 Å². The van der Waals surface area contributed by atoms with Gasteiger partial charge in [-0.15, -0.1) is 0 Å². The predicted octanol–water partition coefficient (Wildman–Crippen LogP) is 1.12. The minimum atomic E-state index is 0.626. The molecule has 1 N–H and O–H groups in total. The lowest BCUT2D eigenvalue weighted by Crippen LogP contribution is -2.51. The van der Waals surface area contributed by atoms with Crippen molar-refractivity contribution in [2.45, 2.75) is 46.3 Å². The fourth-order valence-corrected chi connectivity index (χ4v) is 2.64. The minimum absolute atomic E-state index is 0.626. The van der Waals surface area contributed by atoms with Crippen LogP contribution in [0.4, 0.5) is 0 Å². The van der Waals surface area contributed by atoms with Gasteiger partial charge in [0.1, 0.15) is 12.2 Å². The van der Waals surface area contributed by atoms with E-state index in [0.29, 0.717) is 6.04 Å². The summed E-state index contributed by atoms with van der Waals surface area (Å²) >= 11 is 0. The molecule has 1 saturated heterocycles. The molecule has 1 aliphatic rings. The Bertz CT molecular complexity index is 360. The first kappa shape index (κ1) is 13.5. The lowest BCUT2D eigenvalue weighted by molar-refractivity contribution is 0.129. The van der Waals surface area contributed by atoms with Crippen LogP contribution in [-0.4, -0.2) is 45.3 Å². The van der Waals surface area contributed by atoms with Gasteiger partial charge in [-0.2, -0.15) is 5.10 Å². The molecular weight excluding hydrogens is 226 g/mol. The Kier molecular flexibility index (Phi) is 4.72. The zero-order valence-electron chi connectivity index (χ0n) is 11.8. The third kappa shape index (κ3) is 3.29. The number of nitrogens with one attached hydrogen (secondary N) is 1. The summed E-state index contributed by atoms with van der Waals surface area (Å²) in [6.45, 7) is 11.8. The van der Waals surface area contributed by atoms with Crippen molar-refractivity contribution < 1.29 is 0 Å². The summed E-state index contributed by atoms with van der Waals surface area (Å²) in [6, 6.07) is 0.626. The highest BCUT2D eigenvalue weighted by Gasteiger charge is 2.24. The molecule has 0 bridgehead atoms. The first-order valence-corrected chi connectivity index (χ1v) is 7.02. The molecule has 1 atom stereocenters. The van der Waals surface area contributed by atoms with Gasteiger partial charge in [-0.05, 0) is 19.3 Å². The van der Waals surface area contributed by atoms with Crippen molar-refractivity contribution in [1.82, 2.24) is 25.0 Å². The molecule has 1 aromatic rings. The number of aromatic nitrogens is 3. The first-order valence-electron chi connectivity index (χ1n) is 7.02. The number of nitrogens with zero attached hydrogens (tertiary/aromatic N) is 4. The number of rotatable bonds is 5. The van der Waals surface area contributed by atoms with E-state index in [1.165, 1.54) is 6.42 Å². The summed E-state index contributed by atoms with van der Waals surface area (Å²) in [5.41, 5.74) is 0. The van der Waals surface area contributed by atoms with Gasteiger partial charge >= 0.3 is 0 Å². The molecule has 2 rings (SSSR count). The molecule has 5 heteroatoms. The second-order valence-corrected chi connectivity index (χ2v) is 5.45. The zero-order chi connectivity index (χ0) is 13.0. The van der Waals surface area contributed by atoms with Gasteiger partial charge in [-0.25, -0.2) is 9.67 Å². The van der Waals surface area contributed by atoms with Crippen LogP contribution in [0.25, 0.3) is 0 Å². The number of piperazine rings is 1. The summed E-state index contributed by atoms with van der Waals surface area (Å²) in [6.07, 6.45) is 2.91. The van der Waals surface area contributed by atoms with Crippen molar-refractivity contribution in [2.24, 2.45) is 5.92 Å². The molecule has 18 heavy (non-hydrogen) atoms. The standard InChI is InChI=1S/C13H25N5/c1-4-18-13(15-10-16-18)9-17-6-5-14-8-12(17)7-11(2)3/h10-12,14H,4-9H2,1-3H3. The lowest BCUT2D eigenvalue weighted by atomic mass is 10.0. The van der Waals surface area contributed by atoms with Gasteiger partial charge in [-0.1, -0.05) is 13.8 Å². The third-order valence-corrected chi connectivity index (χ3v) is 3.56. The Morgan fingerprint density at radius 3 is 3.06 bits per heavy atom. The van der Waals surface area contributed by atoms with Crippen molar-refractivity contribution in [3.05, 3.63) is 12.2 Å². The topological polar surface area (TPSA) is 46.0 Å². The highest BCUT2D eigenvalue weighted by molar-refractivity contribution is 4.89. The molecule has 1 aliphatic heterocycles. The molecule has 0 radical (unpaired) electrons. The van der Waals surface area contributed by atoms with Gasteiger partial charge < -0.3 is 5.32 Å². The maximum absolute atomic E-state index is 4.38. The quantitative estimate of drug-likeness (QED) is 0.852. The maximum Gasteiger partial charge on any atom is 0.141 e. The van der Waals surface area contributed by atoms with Gasteiger partial charge in [0.25, 0.3) is 0 Å². The van der Waals surface area contributed by atoms with Crippen molar-refractivity contribution in [1.29, 1.82) is 0 Å². The molecular formula is C13H25N5. The SMILES string of the molecule is CCn1ncnc1CN1CCNCC1CC(C)C. The second-order valence-electron chi connectivity index (χ2n) is 5.45. The van der Waals surface area contributed by atoms with E-state index in [1.54, 1.807) is 6.33 Å². The lowest BCUT2D eigenvalue weighted by Gasteiger charge is -2.36. The Labute approximate surface area is 110 Å². The molecule has 0 spiro atoms. The fraction of sp³-hybridized carbons (Fsp3) is 0.846. The zero-order valence-corrected chi connectivity index (χ0v) is 11.8. The number of aryl methyl sites for hydroxylation is 1. The summed E-state index contributed by atoms with van der Waals surface area (Å²) in [5.74, 6) is 1.83. The Morgan fingerprint density at radius 2 is 2.33 bits per heavy atom.